The highest BCUT2D eigenvalue weighted by Gasteiger charge is 2.15. The highest BCUT2D eigenvalue weighted by molar-refractivity contribution is 9.10. The van der Waals surface area contributed by atoms with Gasteiger partial charge in [0, 0.05) is 10.0 Å². The lowest BCUT2D eigenvalue weighted by Crippen LogP contribution is -2.34. The van der Waals surface area contributed by atoms with Gasteiger partial charge in [-0.25, -0.2) is 4.98 Å². The maximum Gasteiger partial charge on any atom is 0.272 e. The van der Waals surface area contributed by atoms with E-state index in [1.165, 1.54) is 11.3 Å². The minimum atomic E-state index is -1.39. The van der Waals surface area contributed by atoms with Crippen molar-refractivity contribution in [2.24, 2.45) is 0 Å². The number of carboxylic acids is 1. The van der Waals surface area contributed by atoms with E-state index in [0.29, 0.717) is 15.8 Å². The molecule has 0 spiro atoms. The first-order valence-electron chi connectivity index (χ1n) is 7.05. The predicted molar refractivity (Wildman–Crippen MR) is 98.1 cm³/mol. The first kappa shape index (κ1) is 17.8. The molecule has 0 atom stereocenters. The fourth-order valence-electron chi connectivity index (χ4n) is 2.15. The highest BCUT2D eigenvalue weighted by atomic mass is 79.9. The van der Waals surface area contributed by atoms with Crippen LogP contribution in [0.3, 0.4) is 0 Å². The minimum Gasteiger partial charge on any atom is -0.548 e. The van der Waals surface area contributed by atoms with Crippen molar-refractivity contribution in [2.45, 2.75) is 11.7 Å². The molecule has 3 aromatic rings. The van der Waals surface area contributed by atoms with Crippen molar-refractivity contribution in [1.29, 1.82) is 0 Å². The van der Waals surface area contributed by atoms with Gasteiger partial charge in [0.1, 0.15) is 4.70 Å². The third-order valence-electron chi connectivity index (χ3n) is 3.32. The van der Waals surface area contributed by atoms with E-state index in [1.807, 2.05) is 0 Å². The zero-order chi connectivity index (χ0) is 18.0. The molecular formula is C16H10BrN2O4S2-. The second kappa shape index (κ2) is 7.51. The van der Waals surface area contributed by atoms with Gasteiger partial charge in [0.25, 0.3) is 5.56 Å². The van der Waals surface area contributed by atoms with Gasteiger partial charge in [-0.3, -0.25) is 14.2 Å². The van der Waals surface area contributed by atoms with Crippen LogP contribution in [-0.4, -0.2) is 27.1 Å². The Morgan fingerprint density at radius 1 is 1.24 bits per heavy atom. The largest absolute Gasteiger partial charge is 0.548 e. The lowest BCUT2D eigenvalue weighted by atomic mass is 10.2. The Balaban J connectivity index is 1.89. The molecule has 9 heteroatoms. The number of rotatable bonds is 6. The topological polar surface area (TPSA) is 92.1 Å². The van der Waals surface area contributed by atoms with Gasteiger partial charge >= 0.3 is 0 Å². The number of hydrogen-bond acceptors (Lipinski definition) is 7. The summed E-state index contributed by atoms with van der Waals surface area (Å²) >= 11 is 5.53. The highest BCUT2D eigenvalue weighted by Crippen LogP contribution is 2.22. The monoisotopic (exact) mass is 437 g/mol. The Kier molecular flexibility index (Phi) is 5.36. The number of carbonyl (C=O) groups is 2. The number of Topliss-reactive ketones (excluding diaryl/α,β-unsaturated/α-hetero) is 1. The van der Waals surface area contributed by atoms with E-state index >= 15 is 0 Å². The van der Waals surface area contributed by atoms with Gasteiger partial charge in [0.2, 0.25) is 0 Å². The molecule has 6 nitrogen and oxygen atoms in total. The average molecular weight is 438 g/mol. The maximum absolute atomic E-state index is 12.4. The van der Waals surface area contributed by atoms with Crippen molar-refractivity contribution in [3.63, 3.8) is 0 Å². The van der Waals surface area contributed by atoms with E-state index in [4.69, 9.17) is 0 Å². The van der Waals surface area contributed by atoms with Crippen LogP contribution in [-0.2, 0) is 11.3 Å². The summed E-state index contributed by atoms with van der Waals surface area (Å²) in [5.41, 5.74) is 0.576. The van der Waals surface area contributed by atoms with Crippen molar-refractivity contribution in [2.75, 3.05) is 5.75 Å². The van der Waals surface area contributed by atoms with Crippen LogP contribution in [0.15, 0.2) is 50.1 Å². The smallest absolute Gasteiger partial charge is 0.272 e. The van der Waals surface area contributed by atoms with E-state index in [2.05, 4.69) is 20.9 Å². The molecule has 3 rings (SSSR count). The number of carbonyl (C=O) groups excluding carboxylic acids is 2. The maximum atomic E-state index is 12.4. The molecule has 2 heterocycles. The van der Waals surface area contributed by atoms with E-state index < -0.39 is 18.1 Å². The van der Waals surface area contributed by atoms with Crippen molar-refractivity contribution < 1.29 is 14.7 Å². The number of halogens is 1. The third kappa shape index (κ3) is 4.00. The van der Waals surface area contributed by atoms with Crippen LogP contribution >= 0.6 is 39.0 Å². The quantitative estimate of drug-likeness (QED) is 0.332. The van der Waals surface area contributed by atoms with E-state index in [9.17, 15) is 19.5 Å². The lowest BCUT2D eigenvalue weighted by molar-refractivity contribution is -0.306. The molecule has 0 aliphatic rings. The van der Waals surface area contributed by atoms with E-state index in [0.717, 1.165) is 20.8 Å². The fraction of sp³-hybridized carbons (Fsp3) is 0.125. The van der Waals surface area contributed by atoms with Crippen LogP contribution in [0.1, 0.15) is 10.4 Å². The van der Waals surface area contributed by atoms with Crippen molar-refractivity contribution >= 4 is 61.0 Å². The number of fused-ring (bicyclic) bond motifs is 1. The molecule has 0 saturated carbocycles. The van der Waals surface area contributed by atoms with Crippen LogP contribution in [0, 0.1) is 0 Å². The number of nitrogens with zero attached hydrogens (tertiary/aromatic N) is 2. The number of carboxylic acid groups (broad SMARTS) is 1. The molecule has 0 amide bonds. The van der Waals surface area contributed by atoms with E-state index in [1.54, 1.807) is 35.7 Å². The summed E-state index contributed by atoms with van der Waals surface area (Å²) in [5.74, 6) is -1.49. The predicted octanol–water partition coefficient (Wildman–Crippen LogP) is 1.95. The summed E-state index contributed by atoms with van der Waals surface area (Å²) < 4.78 is 2.28. The first-order chi connectivity index (χ1) is 12.0. The molecule has 128 valence electrons. The summed E-state index contributed by atoms with van der Waals surface area (Å²) in [5, 5.41) is 12.9. The van der Waals surface area contributed by atoms with Crippen LogP contribution in [0.2, 0.25) is 0 Å². The Labute approximate surface area is 158 Å². The molecule has 0 N–H and O–H groups in total. The minimum absolute atomic E-state index is 0.0385. The van der Waals surface area contributed by atoms with Crippen molar-refractivity contribution in [3.8, 4) is 0 Å². The number of hydrogen-bond donors (Lipinski definition) is 0. The summed E-state index contributed by atoms with van der Waals surface area (Å²) in [6, 6.07) is 8.60. The number of aromatic nitrogens is 2. The third-order valence-corrected chi connectivity index (χ3v) is 5.71. The second-order valence-corrected chi connectivity index (χ2v) is 7.79. The summed E-state index contributed by atoms with van der Waals surface area (Å²) in [6.07, 6.45) is 0. The second-order valence-electron chi connectivity index (χ2n) is 5.01. The van der Waals surface area contributed by atoms with Crippen LogP contribution < -0.4 is 10.7 Å². The van der Waals surface area contributed by atoms with Gasteiger partial charge in [0.15, 0.2) is 10.9 Å². The summed E-state index contributed by atoms with van der Waals surface area (Å²) in [6.45, 7) is -0.603. The molecule has 0 radical (unpaired) electrons. The molecule has 2 aromatic heterocycles. The number of thiophene rings is 1. The molecule has 0 bridgehead atoms. The van der Waals surface area contributed by atoms with Crippen LogP contribution in [0.4, 0.5) is 0 Å². The number of aliphatic carboxylic acids is 1. The summed E-state index contributed by atoms with van der Waals surface area (Å²) in [7, 11) is 0. The lowest BCUT2D eigenvalue weighted by Gasteiger charge is -2.12. The van der Waals surface area contributed by atoms with Gasteiger partial charge in [-0.2, -0.15) is 0 Å². The first-order valence-corrected chi connectivity index (χ1v) is 9.71. The van der Waals surface area contributed by atoms with Gasteiger partial charge < -0.3 is 9.90 Å². The average Bonchev–Trinajstić information content (AvgIpc) is 3.04. The van der Waals surface area contributed by atoms with Gasteiger partial charge in [-0.1, -0.05) is 39.8 Å². The molecule has 25 heavy (non-hydrogen) atoms. The Morgan fingerprint density at radius 3 is 2.64 bits per heavy atom. The SMILES string of the molecule is O=C([O-])Cn1c(SCC(=O)c2ccc(Br)cc2)nc2ccsc2c1=O. The zero-order valence-corrected chi connectivity index (χ0v) is 15.8. The molecule has 1 aromatic carbocycles. The van der Waals surface area contributed by atoms with Crippen molar-refractivity contribution in [1.82, 2.24) is 9.55 Å². The Hall–Kier alpha value is -1.97. The summed E-state index contributed by atoms with van der Waals surface area (Å²) in [4.78, 5) is 40.0. The standard InChI is InChI=1S/C16H11BrN2O4S2/c17-10-3-1-9(2-4-10)12(20)8-25-16-18-11-5-6-24-14(11)15(23)19(16)7-13(21)22/h1-6H,7-8H2,(H,21,22)/p-1. The fourth-order valence-corrected chi connectivity index (χ4v) is 4.09. The van der Waals surface area contributed by atoms with Gasteiger partial charge in [0.05, 0.1) is 23.8 Å². The molecule has 0 unspecified atom stereocenters. The number of thioether (sulfide) groups is 1. The van der Waals surface area contributed by atoms with Crippen LogP contribution in [0.5, 0.6) is 0 Å². The molecule has 0 saturated heterocycles. The zero-order valence-electron chi connectivity index (χ0n) is 12.6. The number of benzene rings is 1. The number of ketones is 1. The normalized spacial score (nSPS) is 10.9. The van der Waals surface area contributed by atoms with Gasteiger partial charge in [-0.15, -0.1) is 11.3 Å². The molecule has 0 fully saturated rings. The Bertz CT molecular complexity index is 1010. The van der Waals surface area contributed by atoms with E-state index in [-0.39, 0.29) is 16.7 Å². The van der Waals surface area contributed by atoms with Crippen LogP contribution in [0.25, 0.3) is 10.2 Å². The molecular weight excluding hydrogens is 428 g/mol. The Morgan fingerprint density at radius 2 is 1.96 bits per heavy atom. The molecule has 0 aliphatic heterocycles. The van der Waals surface area contributed by atoms with Gasteiger partial charge in [-0.05, 0) is 23.6 Å². The van der Waals surface area contributed by atoms with Crippen molar-refractivity contribution in [3.05, 3.63) is 56.1 Å². The molecule has 0 aliphatic carbocycles.